The van der Waals surface area contributed by atoms with E-state index in [0.29, 0.717) is 38.0 Å². The Kier molecular flexibility index (Phi) is 12.9. The van der Waals surface area contributed by atoms with E-state index < -0.39 is 62.6 Å². The lowest BCUT2D eigenvalue weighted by Gasteiger charge is -2.43. The molecule has 3 aliphatic rings. The predicted molar refractivity (Wildman–Crippen MR) is 186 cm³/mol. The van der Waals surface area contributed by atoms with Crippen LogP contribution in [0.5, 0.6) is 11.5 Å². The Balaban J connectivity index is 1.43. The molecular formula is C35H50N3O11S2-. The number of rotatable bonds is 19. The van der Waals surface area contributed by atoms with Crippen LogP contribution in [-0.2, 0) is 35.9 Å². The van der Waals surface area contributed by atoms with Crippen molar-refractivity contribution in [2.75, 3.05) is 45.4 Å². The minimum absolute atomic E-state index is 0.0424. The molecule has 5 rings (SSSR count). The second-order valence-corrected chi connectivity index (χ2v) is 18.1. The Morgan fingerprint density at radius 3 is 2.53 bits per heavy atom. The van der Waals surface area contributed by atoms with Gasteiger partial charge >= 0.3 is 0 Å². The summed E-state index contributed by atoms with van der Waals surface area (Å²) in [7, 11) is -7.71. The first-order chi connectivity index (χ1) is 24.2. The average Bonchev–Trinajstić information content (AvgIpc) is 3.84. The van der Waals surface area contributed by atoms with Gasteiger partial charge < -0.3 is 38.9 Å². The molecule has 14 nitrogen and oxygen atoms in total. The highest BCUT2D eigenvalue weighted by molar-refractivity contribution is 7.89. The summed E-state index contributed by atoms with van der Waals surface area (Å²) in [6, 6.07) is 11.6. The fourth-order valence-electron chi connectivity index (χ4n) is 7.04. The number of sulfonamides is 2. The molecule has 0 radical (unpaired) electrons. The van der Waals surface area contributed by atoms with Gasteiger partial charge in [-0.1, -0.05) is 57.5 Å². The molecule has 1 amide bonds. The standard InChI is InChI=1S/C35H51N3O11S2/c1-4-5-18-50(42,43)36-16-9-15-35(2,3)23-37(51(44,45)26-12-13-31-32(20-26)49-24-48-31)21-30(39)28(19-25-10-7-6-8-11-25)38(34(40)41)29-22-47-33-27(29)14-17-46-33/h6-8,10-13,20,27-30,33,36,39H,4-5,9,14-19,21-24H2,1-3H3,(H,40,41)/p-1/t27-,28-,29-,30+,33+/m0/s1. The minimum atomic E-state index is -4.30. The highest BCUT2D eigenvalue weighted by Gasteiger charge is 2.47. The average molecular weight is 753 g/mol. The Hall–Kier alpha value is -2.99. The third kappa shape index (κ3) is 9.91. The predicted octanol–water partition coefficient (Wildman–Crippen LogP) is 2.31. The van der Waals surface area contributed by atoms with E-state index in [0.717, 1.165) is 16.9 Å². The van der Waals surface area contributed by atoms with E-state index in [1.165, 1.54) is 22.5 Å². The van der Waals surface area contributed by atoms with Gasteiger partial charge in [-0.05, 0) is 55.2 Å². The number of aliphatic hydroxyl groups is 1. The minimum Gasteiger partial charge on any atom is -0.530 e. The fourth-order valence-corrected chi connectivity index (χ4v) is 9.97. The molecule has 16 heteroatoms. The van der Waals surface area contributed by atoms with Crippen LogP contribution in [0.2, 0.25) is 0 Å². The smallest absolute Gasteiger partial charge is 0.243 e. The molecule has 2 fully saturated rings. The molecule has 2 saturated heterocycles. The van der Waals surface area contributed by atoms with Crippen LogP contribution in [0.4, 0.5) is 4.79 Å². The number of aliphatic hydroxyl groups excluding tert-OH is 1. The molecule has 284 valence electrons. The summed E-state index contributed by atoms with van der Waals surface area (Å²) in [5.74, 6) is 0.453. The number of carbonyl (C=O) groups is 1. The van der Waals surface area contributed by atoms with E-state index in [1.54, 1.807) is 0 Å². The number of nitrogens with zero attached hydrogens (tertiary/aromatic N) is 2. The number of benzene rings is 2. The van der Waals surface area contributed by atoms with Crippen molar-refractivity contribution in [3.05, 3.63) is 54.1 Å². The maximum Gasteiger partial charge on any atom is 0.243 e. The van der Waals surface area contributed by atoms with Gasteiger partial charge in [-0.15, -0.1) is 0 Å². The van der Waals surface area contributed by atoms with Crippen LogP contribution in [0.25, 0.3) is 0 Å². The van der Waals surface area contributed by atoms with E-state index in [-0.39, 0.29) is 55.2 Å². The van der Waals surface area contributed by atoms with Crippen LogP contribution in [0.3, 0.4) is 0 Å². The Morgan fingerprint density at radius 2 is 1.80 bits per heavy atom. The lowest BCUT2D eigenvalue weighted by molar-refractivity contribution is -0.273. The van der Waals surface area contributed by atoms with Crippen molar-refractivity contribution in [2.45, 2.75) is 88.7 Å². The highest BCUT2D eigenvalue weighted by atomic mass is 32.2. The number of carboxylic acid groups (broad SMARTS) is 1. The first-order valence-corrected chi connectivity index (χ1v) is 20.6. The van der Waals surface area contributed by atoms with Gasteiger partial charge in [0.15, 0.2) is 17.8 Å². The number of fused-ring (bicyclic) bond motifs is 2. The number of unbranched alkanes of at least 4 members (excludes halogenated alkanes) is 1. The van der Waals surface area contributed by atoms with Crippen molar-refractivity contribution in [2.24, 2.45) is 11.3 Å². The van der Waals surface area contributed by atoms with Gasteiger partial charge in [0.1, 0.15) is 6.09 Å². The number of amides is 1. The zero-order valence-electron chi connectivity index (χ0n) is 29.4. The van der Waals surface area contributed by atoms with Gasteiger partial charge in [0.25, 0.3) is 0 Å². The van der Waals surface area contributed by atoms with E-state index in [9.17, 15) is 31.8 Å². The summed E-state index contributed by atoms with van der Waals surface area (Å²) in [5.41, 5.74) is 0.0621. The van der Waals surface area contributed by atoms with Crippen LogP contribution in [-0.4, -0.2) is 107 Å². The maximum atomic E-state index is 14.4. The quantitative estimate of drug-likeness (QED) is 0.201. The second-order valence-electron chi connectivity index (χ2n) is 14.2. The van der Waals surface area contributed by atoms with E-state index in [2.05, 4.69) is 4.72 Å². The van der Waals surface area contributed by atoms with Crippen molar-refractivity contribution in [3.8, 4) is 11.5 Å². The summed E-state index contributed by atoms with van der Waals surface area (Å²) < 4.78 is 79.6. The highest BCUT2D eigenvalue weighted by Crippen LogP contribution is 2.38. The van der Waals surface area contributed by atoms with E-state index in [1.807, 2.05) is 51.1 Å². The number of nitrogens with one attached hydrogen (secondary N) is 1. The van der Waals surface area contributed by atoms with Gasteiger partial charge in [0.05, 0.1) is 42.0 Å². The largest absolute Gasteiger partial charge is 0.530 e. The molecule has 3 heterocycles. The van der Waals surface area contributed by atoms with Gasteiger partial charge in [-0.25, -0.2) is 21.6 Å². The second kappa shape index (κ2) is 16.8. The normalized spacial score (nSPS) is 21.5. The molecule has 0 bridgehead atoms. The molecule has 0 unspecified atom stereocenters. The van der Waals surface area contributed by atoms with Crippen LogP contribution in [0.15, 0.2) is 53.4 Å². The fraction of sp³-hybridized carbons (Fsp3) is 0.629. The zero-order valence-corrected chi connectivity index (χ0v) is 31.1. The van der Waals surface area contributed by atoms with E-state index >= 15 is 0 Å². The first kappa shape index (κ1) is 39.2. The maximum absolute atomic E-state index is 14.4. The van der Waals surface area contributed by atoms with Gasteiger partial charge in [-0.3, -0.25) is 0 Å². The number of carbonyl (C=O) groups excluding carboxylic acids is 1. The summed E-state index contributed by atoms with van der Waals surface area (Å²) in [6.45, 7) is 5.78. The van der Waals surface area contributed by atoms with Crippen LogP contribution in [0.1, 0.15) is 58.4 Å². The molecule has 2 aromatic rings. The SMILES string of the molecule is CCCCS(=O)(=O)NCCCC(C)(C)CN(C[C@@H](O)[C@H](Cc1ccccc1)N(C(=O)[O-])[C@H]1CO[C@H]2OCC[C@H]21)S(=O)(=O)c1ccc2c(c1)OCO2. The lowest BCUT2D eigenvalue weighted by Crippen LogP contribution is -2.61. The number of hydrogen-bond donors (Lipinski definition) is 2. The Morgan fingerprint density at radius 1 is 1.06 bits per heavy atom. The third-order valence-corrected chi connectivity index (χ3v) is 13.0. The molecular weight excluding hydrogens is 703 g/mol. The van der Waals surface area contributed by atoms with Crippen LogP contribution in [0, 0.1) is 11.3 Å². The summed E-state index contributed by atoms with van der Waals surface area (Å²) >= 11 is 0. The lowest BCUT2D eigenvalue weighted by atomic mass is 9.87. The van der Waals surface area contributed by atoms with Gasteiger partial charge in [0.2, 0.25) is 26.8 Å². The molecule has 0 spiro atoms. The molecule has 3 aliphatic heterocycles. The van der Waals surface area contributed by atoms with Crippen molar-refractivity contribution >= 4 is 26.1 Å². The number of hydrogen-bond acceptors (Lipinski definition) is 11. The summed E-state index contributed by atoms with van der Waals surface area (Å²) in [6.07, 6.45) is -0.689. The molecule has 2 aromatic carbocycles. The third-order valence-electron chi connectivity index (χ3n) is 9.76. The molecule has 51 heavy (non-hydrogen) atoms. The van der Waals surface area contributed by atoms with E-state index in [4.69, 9.17) is 18.9 Å². The summed E-state index contributed by atoms with van der Waals surface area (Å²) in [5, 5.41) is 25.0. The van der Waals surface area contributed by atoms with Crippen molar-refractivity contribution in [1.82, 2.24) is 13.9 Å². The molecule has 5 atom stereocenters. The zero-order chi connectivity index (χ0) is 36.8. The summed E-state index contributed by atoms with van der Waals surface area (Å²) in [4.78, 5) is 14.0. The van der Waals surface area contributed by atoms with Crippen molar-refractivity contribution < 1.29 is 50.8 Å². The van der Waals surface area contributed by atoms with Gasteiger partial charge in [-0.2, -0.15) is 4.31 Å². The molecule has 2 N–H and O–H groups in total. The Labute approximate surface area is 301 Å². The molecule has 0 aliphatic carbocycles. The van der Waals surface area contributed by atoms with Crippen LogP contribution < -0.4 is 19.3 Å². The Bertz CT molecular complexity index is 1690. The van der Waals surface area contributed by atoms with Gasteiger partial charge in [0, 0.05) is 31.6 Å². The van der Waals surface area contributed by atoms with Crippen molar-refractivity contribution in [3.63, 3.8) is 0 Å². The monoisotopic (exact) mass is 752 g/mol. The molecule has 0 aromatic heterocycles. The topological polar surface area (TPSA) is 184 Å². The number of ether oxygens (including phenoxy) is 4. The van der Waals surface area contributed by atoms with Crippen LogP contribution >= 0.6 is 0 Å². The first-order valence-electron chi connectivity index (χ1n) is 17.5. The molecule has 0 saturated carbocycles. The van der Waals surface area contributed by atoms with Crippen molar-refractivity contribution in [1.29, 1.82) is 0 Å².